The van der Waals surface area contributed by atoms with Crippen molar-refractivity contribution in [1.82, 2.24) is 10.6 Å². The second kappa shape index (κ2) is 6.54. The predicted octanol–water partition coefficient (Wildman–Crippen LogP) is 0.178. The monoisotopic (exact) mass is 242 g/mol. The molecule has 1 aromatic rings. The van der Waals surface area contributed by atoms with Gasteiger partial charge in [-0.05, 0) is 6.07 Å². The Balaban J connectivity index is 2.34. The third-order valence-electron chi connectivity index (χ3n) is 1.97. The molecule has 1 aromatic heterocycles. The minimum absolute atomic E-state index is 0.0888. The van der Waals surface area contributed by atoms with Gasteiger partial charge in [-0.15, -0.1) is 0 Å². The zero-order chi connectivity index (χ0) is 12.7. The number of hydrogen-bond donors (Lipinski definition) is 3. The van der Waals surface area contributed by atoms with Gasteiger partial charge in [0.1, 0.15) is 0 Å². The first-order valence-corrected chi connectivity index (χ1v) is 4.90. The van der Waals surface area contributed by atoms with Crippen molar-refractivity contribution in [3.8, 4) is 0 Å². The van der Waals surface area contributed by atoms with Gasteiger partial charge in [0, 0.05) is 19.2 Å². The van der Waals surface area contributed by atoms with Gasteiger partial charge in [0.05, 0.1) is 19.1 Å². The van der Waals surface area contributed by atoms with Crippen molar-refractivity contribution < 1.29 is 23.8 Å². The number of rotatable bonds is 6. The van der Waals surface area contributed by atoms with Crippen LogP contribution < -0.4 is 10.6 Å². The number of nitrogens with one attached hydrogen (secondary N) is 2. The lowest BCUT2D eigenvalue weighted by Crippen LogP contribution is -2.48. The highest BCUT2D eigenvalue weighted by Gasteiger charge is 2.19. The molecule has 0 aliphatic carbocycles. The van der Waals surface area contributed by atoms with E-state index in [1.165, 1.54) is 19.6 Å². The molecule has 7 nitrogen and oxygen atoms in total. The summed E-state index contributed by atoms with van der Waals surface area (Å²) in [5, 5.41) is 13.5. The fourth-order valence-electron chi connectivity index (χ4n) is 1.13. The molecule has 1 unspecified atom stereocenters. The predicted molar refractivity (Wildman–Crippen MR) is 57.4 cm³/mol. The molecule has 0 aliphatic heterocycles. The molecule has 0 spiro atoms. The maximum atomic E-state index is 11.4. The van der Waals surface area contributed by atoms with Crippen LogP contribution in [0, 0.1) is 0 Å². The first-order chi connectivity index (χ1) is 8.13. The van der Waals surface area contributed by atoms with Crippen molar-refractivity contribution in [3.05, 3.63) is 24.2 Å². The van der Waals surface area contributed by atoms with E-state index in [0.29, 0.717) is 0 Å². The summed E-state index contributed by atoms with van der Waals surface area (Å²) in [6.45, 7) is 0.177. The molecule has 0 radical (unpaired) electrons. The summed E-state index contributed by atoms with van der Waals surface area (Å²) in [6, 6.07) is 0.0596. The Morgan fingerprint density at radius 3 is 2.88 bits per heavy atom. The van der Waals surface area contributed by atoms with Crippen molar-refractivity contribution >= 4 is 12.0 Å². The molecule has 0 bridgehead atoms. The highest BCUT2D eigenvalue weighted by atomic mass is 16.5. The van der Waals surface area contributed by atoms with E-state index in [1.54, 1.807) is 6.07 Å². The molecule has 0 fully saturated rings. The van der Waals surface area contributed by atoms with E-state index in [-0.39, 0.29) is 13.2 Å². The highest BCUT2D eigenvalue weighted by molar-refractivity contribution is 5.82. The zero-order valence-corrected chi connectivity index (χ0v) is 9.30. The number of amides is 2. The minimum atomic E-state index is -1.15. The molecule has 3 N–H and O–H groups in total. The van der Waals surface area contributed by atoms with Crippen molar-refractivity contribution in [2.24, 2.45) is 0 Å². The number of methoxy groups -OCH3 is 1. The number of carboxylic acids is 1. The van der Waals surface area contributed by atoms with Gasteiger partial charge in [0.25, 0.3) is 0 Å². The first kappa shape index (κ1) is 13.0. The van der Waals surface area contributed by atoms with E-state index in [1.807, 2.05) is 0 Å². The van der Waals surface area contributed by atoms with E-state index < -0.39 is 18.0 Å². The molecule has 17 heavy (non-hydrogen) atoms. The van der Waals surface area contributed by atoms with E-state index >= 15 is 0 Å². The van der Waals surface area contributed by atoms with E-state index in [4.69, 9.17) is 9.52 Å². The summed E-state index contributed by atoms with van der Waals surface area (Å²) in [5.74, 6) is -1.15. The van der Waals surface area contributed by atoms with Crippen LogP contribution in [0.2, 0.25) is 0 Å². The highest BCUT2D eigenvalue weighted by Crippen LogP contribution is 1.98. The normalized spacial score (nSPS) is 11.8. The Kier molecular flexibility index (Phi) is 5.02. The Morgan fingerprint density at radius 1 is 1.59 bits per heavy atom. The lowest BCUT2D eigenvalue weighted by molar-refractivity contribution is -0.140. The topological polar surface area (TPSA) is 101 Å². The van der Waals surface area contributed by atoms with Gasteiger partial charge in [-0.1, -0.05) is 0 Å². The largest absolute Gasteiger partial charge is 0.480 e. The summed E-state index contributed by atoms with van der Waals surface area (Å²) in [4.78, 5) is 22.1. The number of carboxylic acid groups (broad SMARTS) is 1. The number of aliphatic carboxylic acids is 1. The smallest absolute Gasteiger partial charge is 0.328 e. The number of ether oxygens (including phenoxy) is 1. The van der Waals surface area contributed by atoms with Gasteiger partial charge in [0.2, 0.25) is 0 Å². The maximum Gasteiger partial charge on any atom is 0.328 e. The molecule has 0 aromatic carbocycles. The Labute approximate surface area is 97.7 Å². The molecule has 1 atom stereocenters. The van der Waals surface area contributed by atoms with Crippen LogP contribution >= 0.6 is 0 Å². The zero-order valence-electron chi connectivity index (χ0n) is 9.30. The number of hydrogen-bond acceptors (Lipinski definition) is 4. The number of carbonyl (C=O) groups is 2. The van der Waals surface area contributed by atoms with E-state index in [9.17, 15) is 9.59 Å². The molecular weight excluding hydrogens is 228 g/mol. The summed E-state index contributed by atoms with van der Waals surface area (Å²) < 4.78 is 9.50. The van der Waals surface area contributed by atoms with E-state index in [2.05, 4.69) is 15.4 Å². The Bertz CT molecular complexity index is 363. The Hall–Kier alpha value is -2.02. The first-order valence-electron chi connectivity index (χ1n) is 4.90. The van der Waals surface area contributed by atoms with Crippen molar-refractivity contribution in [3.63, 3.8) is 0 Å². The molecule has 94 valence electrons. The molecule has 1 rings (SSSR count). The lowest BCUT2D eigenvalue weighted by atomic mass is 10.3. The van der Waals surface area contributed by atoms with E-state index in [0.717, 1.165) is 5.56 Å². The number of carbonyl (C=O) groups excluding carboxylic acids is 1. The molecule has 1 heterocycles. The third-order valence-corrected chi connectivity index (χ3v) is 1.97. The van der Waals surface area contributed by atoms with Crippen LogP contribution in [-0.2, 0) is 16.1 Å². The second-order valence-electron chi connectivity index (χ2n) is 3.30. The van der Waals surface area contributed by atoms with Crippen LogP contribution in [-0.4, -0.2) is 36.9 Å². The summed E-state index contributed by atoms with van der Waals surface area (Å²) in [6.07, 6.45) is 2.98. The second-order valence-corrected chi connectivity index (χ2v) is 3.30. The molecule has 0 saturated carbocycles. The Morgan fingerprint density at radius 2 is 2.35 bits per heavy atom. The van der Waals surface area contributed by atoms with Gasteiger partial charge in [-0.2, -0.15) is 0 Å². The molecule has 0 aliphatic rings. The van der Waals surface area contributed by atoms with Crippen LogP contribution in [0.15, 0.2) is 23.0 Å². The summed E-state index contributed by atoms with van der Waals surface area (Å²) >= 11 is 0. The standard InChI is InChI=1S/C10H14N2O5/c1-16-6-8(9(13)14)12-10(15)11-4-7-2-3-17-5-7/h2-3,5,8H,4,6H2,1H3,(H,13,14)(H2,11,12,15). The van der Waals surface area contributed by atoms with Crippen LogP contribution in [0.5, 0.6) is 0 Å². The SMILES string of the molecule is COCC(NC(=O)NCc1ccoc1)C(=O)O. The molecule has 2 amide bonds. The molecule has 7 heteroatoms. The van der Waals surface area contributed by atoms with Crippen LogP contribution in [0.1, 0.15) is 5.56 Å². The van der Waals surface area contributed by atoms with Crippen LogP contribution in [0.3, 0.4) is 0 Å². The van der Waals surface area contributed by atoms with Crippen molar-refractivity contribution in [1.29, 1.82) is 0 Å². The van der Waals surface area contributed by atoms with Gasteiger partial charge < -0.3 is 24.9 Å². The van der Waals surface area contributed by atoms with Gasteiger partial charge in [-0.25, -0.2) is 9.59 Å². The third kappa shape index (κ3) is 4.56. The molecular formula is C10H14N2O5. The lowest BCUT2D eigenvalue weighted by Gasteiger charge is -2.13. The quantitative estimate of drug-likeness (QED) is 0.660. The average Bonchev–Trinajstić information content (AvgIpc) is 2.78. The van der Waals surface area contributed by atoms with Crippen LogP contribution in [0.25, 0.3) is 0 Å². The fraction of sp³-hybridized carbons (Fsp3) is 0.400. The van der Waals surface area contributed by atoms with Gasteiger partial charge >= 0.3 is 12.0 Å². The summed E-state index contributed by atoms with van der Waals surface area (Å²) in [7, 11) is 1.36. The van der Waals surface area contributed by atoms with Crippen molar-refractivity contribution in [2.75, 3.05) is 13.7 Å². The minimum Gasteiger partial charge on any atom is -0.480 e. The summed E-state index contributed by atoms with van der Waals surface area (Å²) in [5.41, 5.74) is 0.791. The van der Waals surface area contributed by atoms with Crippen LogP contribution in [0.4, 0.5) is 4.79 Å². The van der Waals surface area contributed by atoms with Gasteiger partial charge in [-0.3, -0.25) is 0 Å². The molecule has 0 saturated heterocycles. The van der Waals surface area contributed by atoms with Gasteiger partial charge in [0.15, 0.2) is 6.04 Å². The fourth-order valence-corrected chi connectivity index (χ4v) is 1.13. The number of urea groups is 1. The number of furan rings is 1. The average molecular weight is 242 g/mol. The van der Waals surface area contributed by atoms with Crippen molar-refractivity contribution in [2.45, 2.75) is 12.6 Å². The maximum absolute atomic E-state index is 11.4.